The SMILES string of the molecule is CCc1noc(-c2cnc(C)nc2N2CCC(C(=O)NCCCn3ccnc3C)CC2)n1. The molecule has 10 nitrogen and oxygen atoms in total. The van der Waals surface area contributed by atoms with Crippen molar-refractivity contribution in [1.82, 2.24) is 35.0 Å². The average molecular weight is 439 g/mol. The fourth-order valence-electron chi connectivity index (χ4n) is 3.96. The van der Waals surface area contributed by atoms with E-state index in [0.29, 0.717) is 30.5 Å². The second-order valence-electron chi connectivity index (χ2n) is 8.10. The minimum atomic E-state index is 0.0164. The van der Waals surface area contributed by atoms with Gasteiger partial charge < -0.3 is 19.3 Å². The molecule has 0 bridgehead atoms. The highest BCUT2D eigenvalue weighted by atomic mass is 16.5. The molecule has 0 spiro atoms. The first kappa shape index (κ1) is 21.9. The van der Waals surface area contributed by atoms with E-state index in [9.17, 15) is 4.79 Å². The molecule has 4 rings (SSSR count). The number of carbonyl (C=O) groups excluding carboxylic acids is 1. The van der Waals surface area contributed by atoms with Crippen LogP contribution in [-0.2, 0) is 17.8 Å². The molecule has 1 aliphatic heterocycles. The first-order valence-electron chi connectivity index (χ1n) is 11.2. The van der Waals surface area contributed by atoms with Crippen molar-refractivity contribution in [1.29, 1.82) is 0 Å². The lowest BCUT2D eigenvalue weighted by Gasteiger charge is -2.32. The Bertz CT molecular complexity index is 1050. The van der Waals surface area contributed by atoms with E-state index in [4.69, 9.17) is 4.52 Å². The van der Waals surface area contributed by atoms with E-state index in [-0.39, 0.29) is 11.8 Å². The van der Waals surface area contributed by atoms with Gasteiger partial charge >= 0.3 is 0 Å². The summed E-state index contributed by atoms with van der Waals surface area (Å²) in [4.78, 5) is 32.5. The average Bonchev–Trinajstić information content (AvgIpc) is 3.45. The smallest absolute Gasteiger partial charge is 0.263 e. The Hall–Kier alpha value is -3.30. The van der Waals surface area contributed by atoms with Crippen LogP contribution in [0.5, 0.6) is 0 Å². The van der Waals surface area contributed by atoms with Crippen LogP contribution in [0, 0.1) is 19.8 Å². The topological polar surface area (TPSA) is 115 Å². The molecule has 0 atom stereocenters. The van der Waals surface area contributed by atoms with Crippen LogP contribution < -0.4 is 10.2 Å². The Morgan fingerprint density at radius 2 is 2.03 bits per heavy atom. The fourth-order valence-corrected chi connectivity index (χ4v) is 3.96. The molecule has 1 saturated heterocycles. The number of hydrogen-bond donors (Lipinski definition) is 1. The number of amides is 1. The molecule has 0 radical (unpaired) electrons. The molecule has 0 aliphatic carbocycles. The summed E-state index contributed by atoms with van der Waals surface area (Å²) in [5.41, 5.74) is 0.737. The van der Waals surface area contributed by atoms with E-state index in [0.717, 1.165) is 56.1 Å². The molecule has 170 valence electrons. The third-order valence-electron chi connectivity index (χ3n) is 5.87. The van der Waals surface area contributed by atoms with Gasteiger partial charge in [-0.1, -0.05) is 12.1 Å². The van der Waals surface area contributed by atoms with E-state index in [1.807, 2.05) is 27.0 Å². The number of nitrogens with one attached hydrogen (secondary N) is 1. The zero-order valence-electron chi connectivity index (χ0n) is 18.9. The number of hydrogen-bond acceptors (Lipinski definition) is 8. The third-order valence-corrected chi connectivity index (χ3v) is 5.87. The van der Waals surface area contributed by atoms with Gasteiger partial charge in [0.1, 0.15) is 23.0 Å². The van der Waals surface area contributed by atoms with Crippen molar-refractivity contribution in [3.63, 3.8) is 0 Å². The third kappa shape index (κ3) is 4.95. The van der Waals surface area contributed by atoms with Gasteiger partial charge in [-0.05, 0) is 33.1 Å². The summed E-state index contributed by atoms with van der Waals surface area (Å²) in [6.45, 7) is 8.84. The minimum absolute atomic E-state index is 0.0164. The zero-order valence-corrected chi connectivity index (χ0v) is 18.9. The quantitative estimate of drug-likeness (QED) is 0.533. The lowest BCUT2D eigenvalue weighted by molar-refractivity contribution is -0.125. The van der Waals surface area contributed by atoms with Crippen LogP contribution in [0.3, 0.4) is 0 Å². The molecule has 4 heterocycles. The second-order valence-corrected chi connectivity index (χ2v) is 8.10. The number of piperidine rings is 1. The number of imidazole rings is 1. The van der Waals surface area contributed by atoms with Crippen molar-refractivity contribution in [3.05, 3.63) is 36.1 Å². The van der Waals surface area contributed by atoms with Gasteiger partial charge in [0.15, 0.2) is 5.82 Å². The highest BCUT2D eigenvalue weighted by molar-refractivity contribution is 5.79. The molecule has 1 fully saturated rings. The highest BCUT2D eigenvalue weighted by Crippen LogP contribution is 2.30. The van der Waals surface area contributed by atoms with Gasteiger partial charge in [0.2, 0.25) is 5.91 Å². The Morgan fingerprint density at radius 1 is 1.22 bits per heavy atom. The van der Waals surface area contributed by atoms with Crippen molar-refractivity contribution in [3.8, 4) is 11.5 Å². The Balaban J connectivity index is 1.32. The Kier molecular flexibility index (Phi) is 6.77. The van der Waals surface area contributed by atoms with Gasteiger partial charge in [0, 0.05) is 57.1 Å². The lowest BCUT2D eigenvalue weighted by atomic mass is 9.95. The van der Waals surface area contributed by atoms with Crippen LogP contribution in [0.1, 0.15) is 43.7 Å². The van der Waals surface area contributed by atoms with Gasteiger partial charge in [-0.25, -0.2) is 15.0 Å². The normalized spacial score (nSPS) is 14.7. The van der Waals surface area contributed by atoms with E-state index >= 15 is 0 Å². The molecular weight excluding hydrogens is 408 g/mol. The van der Waals surface area contributed by atoms with Crippen LogP contribution in [0.25, 0.3) is 11.5 Å². The summed E-state index contributed by atoms with van der Waals surface area (Å²) in [7, 11) is 0. The summed E-state index contributed by atoms with van der Waals surface area (Å²) in [5, 5.41) is 7.09. The molecule has 32 heavy (non-hydrogen) atoms. The molecule has 10 heteroatoms. The first-order valence-corrected chi connectivity index (χ1v) is 11.2. The molecule has 3 aromatic heterocycles. The summed E-state index contributed by atoms with van der Waals surface area (Å²) in [6.07, 6.45) is 8.65. The van der Waals surface area contributed by atoms with Crippen molar-refractivity contribution < 1.29 is 9.32 Å². The molecule has 1 N–H and O–H groups in total. The summed E-state index contributed by atoms with van der Waals surface area (Å²) in [5.74, 6) is 3.72. The second kappa shape index (κ2) is 9.88. The van der Waals surface area contributed by atoms with Crippen molar-refractivity contribution in [2.24, 2.45) is 5.92 Å². The monoisotopic (exact) mass is 438 g/mol. The minimum Gasteiger partial charge on any atom is -0.356 e. The summed E-state index contributed by atoms with van der Waals surface area (Å²) < 4.78 is 7.52. The predicted octanol–water partition coefficient (Wildman–Crippen LogP) is 2.33. The van der Waals surface area contributed by atoms with Crippen molar-refractivity contribution in [2.75, 3.05) is 24.5 Å². The van der Waals surface area contributed by atoms with Crippen molar-refractivity contribution in [2.45, 2.75) is 53.0 Å². The van der Waals surface area contributed by atoms with E-state index < -0.39 is 0 Å². The number of nitrogens with zero attached hydrogens (tertiary/aromatic N) is 7. The lowest BCUT2D eigenvalue weighted by Crippen LogP contribution is -2.41. The van der Waals surface area contributed by atoms with Crippen molar-refractivity contribution >= 4 is 11.7 Å². The van der Waals surface area contributed by atoms with Gasteiger partial charge in [-0.3, -0.25) is 4.79 Å². The molecule has 1 amide bonds. The van der Waals surface area contributed by atoms with Crippen LogP contribution in [0.15, 0.2) is 23.1 Å². The van der Waals surface area contributed by atoms with E-state index in [1.54, 1.807) is 12.4 Å². The summed E-state index contributed by atoms with van der Waals surface area (Å²) in [6, 6.07) is 0. The van der Waals surface area contributed by atoms with Crippen LogP contribution in [0.4, 0.5) is 5.82 Å². The molecule has 3 aromatic rings. The van der Waals surface area contributed by atoms with Gasteiger partial charge in [0.25, 0.3) is 5.89 Å². The zero-order chi connectivity index (χ0) is 22.5. The van der Waals surface area contributed by atoms with E-state index in [2.05, 4.69) is 39.9 Å². The molecule has 0 aromatic carbocycles. The van der Waals surface area contributed by atoms with Gasteiger partial charge in [-0.2, -0.15) is 4.98 Å². The maximum Gasteiger partial charge on any atom is 0.263 e. The number of rotatable bonds is 8. The van der Waals surface area contributed by atoms with Gasteiger partial charge in [0.05, 0.1) is 0 Å². The highest BCUT2D eigenvalue weighted by Gasteiger charge is 2.28. The van der Waals surface area contributed by atoms with Crippen LogP contribution >= 0.6 is 0 Å². The standard InChI is InChI=1S/C22H30N8O2/c1-4-19-27-22(32-28-19)18-14-25-15(2)26-20(18)30-11-6-17(7-12-30)21(31)24-8-5-10-29-13-9-23-16(29)3/h9,13-14,17H,4-8,10-12H2,1-3H3,(H,24,31). The first-order chi connectivity index (χ1) is 15.5. The van der Waals surface area contributed by atoms with Gasteiger partial charge in [-0.15, -0.1) is 0 Å². The maximum absolute atomic E-state index is 12.6. The predicted molar refractivity (Wildman–Crippen MR) is 119 cm³/mol. The largest absolute Gasteiger partial charge is 0.356 e. The fraction of sp³-hybridized carbons (Fsp3) is 0.545. The molecule has 1 aliphatic rings. The summed E-state index contributed by atoms with van der Waals surface area (Å²) >= 11 is 0. The van der Waals surface area contributed by atoms with Crippen LogP contribution in [0.2, 0.25) is 0 Å². The number of anilines is 1. The van der Waals surface area contributed by atoms with Crippen LogP contribution in [-0.4, -0.2) is 55.2 Å². The van der Waals surface area contributed by atoms with E-state index in [1.165, 1.54) is 0 Å². The Morgan fingerprint density at radius 3 is 2.72 bits per heavy atom. The Labute approximate surface area is 187 Å². The number of aryl methyl sites for hydroxylation is 4. The molecule has 0 saturated carbocycles. The molecular formula is C22H30N8O2. The number of aromatic nitrogens is 6. The number of carbonyl (C=O) groups is 1. The molecule has 0 unspecified atom stereocenters. The maximum atomic E-state index is 12.6.